The standard InChI is InChI=1S/C20H22N2O2/c1-3-13-12-22-9-7-14(13)10-19(22)20(23)16-6-8-21-18-5-4-15(24-2)11-17(16)18/h1,4-6,8,11,13-14,19-20,23H,7,9-10,12H2,2H3. The summed E-state index contributed by atoms with van der Waals surface area (Å²) in [7, 11) is 1.65. The number of piperidine rings is 3. The third kappa shape index (κ3) is 2.45. The number of hydrogen-bond acceptors (Lipinski definition) is 4. The molecule has 3 aliphatic rings. The number of benzene rings is 1. The number of rotatable bonds is 3. The highest BCUT2D eigenvalue weighted by molar-refractivity contribution is 5.83. The molecule has 3 aliphatic heterocycles. The summed E-state index contributed by atoms with van der Waals surface area (Å²) in [6.45, 7) is 1.92. The zero-order valence-electron chi connectivity index (χ0n) is 13.9. The number of terminal acetylenes is 1. The second-order valence-corrected chi connectivity index (χ2v) is 6.85. The van der Waals surface area contributed by atoms with Gasteiger partial charge in [-0.1, -0.05) is 0 Å². The highest BCUT2D eigenvalue weighted by Crippen LogP contribution is 2.41. The second kappa shape index (κ2) is 6.08. The van der Waals surface area contributed by atoms with Crippen molar-refractivity contribution >= 4 is 10.9 Å². The molecular formula is C20H22N2O2. The molecule has 0 amide bonds. The molecule has 24 heavy (non-hydrogen) atoms. The van der Waals surface area contributed by atoms with Crippen LogP contribution in [0.15, 0.2) is 30.5 Å². The Balaban J connectivity index is 1.69. The van der Waals surface area contributed by atoms with E-state index in [0.29, 0.717) is 11.8 Å². The van der Waals surface area contributed by atoms with Gasteiger partial charge in [-0.25, -0.2) is 0 Å². The van der Waals surface area contributed by atoms with Crippen molar-refractivity contribution in [2.45, 2.75) is 25.0 Å². The number of pyridine rings is 1. The van der Waals surface area contributed by atoms with Crippen LogP contribution in [-0.2, 0) is 0 Å². The average molecular weight is 322 g/mol. The Hall–Kier alpha value is -2.09. The van der Waals surface area contributed by atoms with E-state index in [1.54, 1.807) is 13.3 Å². The van der Waals surface area contributed by atoms with Gasteiger partial charge in [-0.15, -0.1) is 12.3 Å². The number of fused-ring (bicyclic) bond motifs is 4. The van der Waals surface area contributed by atoms with E-state index in [1.807, 2.05) is 24.3 Å². The van der Waals surface area contributed by atoms with E-state index in [0.717, 1.165) is 48.1 Å². The SMILES string of the molecule is C#CC1CN2CCC1CC2C(O)c1ccnc2ccc(OC)cc12. The number of aromatic nitrogens is 1. The quantitative estimate of drug-likeness (QED) is 0.883. The van der Waals surface area contributed by atoms with Crippen molar-refractivity contribution in [3.8, 4) is 18.1 Å². The molecule has 1 N–H and O–H groups in total. The Labute approximate surface area is 142 Å². The maximum absolute atomic E-state index is 11.1. The zero-order chi connectivity index (χ0) is 16.7. The van der Waals surface area contributed by atoms with Gasteiger partial charge in [0, 0.05) is 30.1 Å². The Bertz CT molecular complexity index is 798. The molecule has 5 atom stereocenters. The number of aliphatic hydroxyl groups is 1. The normalized spacial score (nSPS) is 30.0. The molecule has 0 aliphatic carbocycles. The van der Waals surface area contributed by atoms with Crippen LogP contribution in [0.2, 0.25) is 0 Å². The number of nitrogens with zero attached hydrogens (tertiary/aromatic N) is 2. The van der Waals surface area contributed by atoms with Crippen molar-refractivity contribution in [3.05, 3.63) is 36.0 Å². The molecule has 1 aromatic heterocycles. The zero-order valence-corrected chi connectivity index (χ0v) is 13.9. The van der Waals surface area contributed by atoms with Crippen molar-refractivity contribution in [1.82, 2.24) is 9.88 Å². The molecule has 0 saturated carbocycles. The number of hydrogen-bond donors (Lipinski definition) is 1. The first kappa shape index (κ1) is 15.4. The Morgan fingerprint density at radius 1 is 1.42 bits per heavy atom. The van der Waals surface area contributed by atoms with Gasteiger partial charge in [0.1, 0.15) is 5.75 Å². The molecule has 4 nitrogen and oxygen atoms in total. The van der Waals surface area contributed by atoms with Crippen LogP contribution in [0.5, 0.6) is 5.75 Å². The summed E-state index contributed by atoms with van der Waals surface area (Å²) in [4.78, 5) is 6.77. The van der Waals surface area contributed by atoms with E-state index in [9.17, 15) is 5.11 Å². The molecule has 124 valence electrons. The van der Waals surface area contributed by atoms with Crippen LogP contribution in [0, 0.1) is 24.2 Å². The van der Waals surface area contributed by atoms with E-state index in [-0.39, 0.29) is 6.04 Å². The summed E-state index contributed by atoms with van der Waals surface area (Å²) < 4.78 is 5.34. The fourth-order valence-corrected chi connectivity index (χ4v) is 4.32. The van der Waals surface area contributed by atoms with Gasteiger partial charge in [0.25, 0.3) is 0 Å². The van der Waals surface area contributed by atoms with Crippen molar-refractivity contribution in [2.24, 2.45) is 11.8 Å². The Morgan fingerprint density at radius 2 is 2.29 bits per heavy atom. The predicted molar refractivity (Wildman–Crippen MR) is 93.7 cm³/mol. The van der Waals surface area contributed by atoms with Crippen LogP contribution in [0.4, 0.5) is 0 Å². The van der Waals surface area contributed by atoms with Crippen LogP contribution in [0.1, 0.15) is 24.5 Å². The summed E-state index contributed by atoms with van der Waals surface area (Å²) in [5, 5.41) is 12.1. The molecule has 4 heterocycles. The molecule has 0 spiro atoms. The molecule has 5 unspecified atom stereocenters. The number of methoxy groups -OCH3 is 1. The van der Waals surface area contributed by atoms with Crippen LogP contribution in [0.25, 0.3) is 10.9 Å². The average Bonchev–Trinajstić information content (AvgIpc) is 2.66. The molecule has 1 aromatic carbocycles. The lowest BCUT2D eigenvalue weighted by Crippen LogP contribution is -2.55. The van der Waals surface area contributed by atoms with E-state index in [2.05, 4.69) is 15.8 Å². The highest BCUT2D eigenvalue weighted by Gasteiger charge is 2.42. The molecular weight excluding hydrogens is 300 g/mol. The van der Waals surface area contributed by atoms with Gasteiger partial charge in [0.05, 0.1) is 18.7 Å². The summed E-state index contributed by atoms with van der Waals surface area (Å²) in [6, 6.07) is 7.85. The first-order chi connectivity index (χ1) is 11.7. The van der Waals surface area contributed by atoms with Crippen LogP contribution in [0.3, 0.4) is 0 Å². The van der Waals surface area contributed by atoms with E-state index in [4.69, 9.17) is 11.2 Å². The van der Waals surface area contributed by atoms with Crippen LogP contribution in [-0.4, -0.2) is 41.2 Å². The lowest BCUT2D eigenvalue weighted by Gasteiger charge is -2.50. The first-order valence-electron chi connectivity index (χ1n) is 8.52. The van der Waals surface area contributed by atoms with Gasteiger partial charge in [0.15, 0.2) is 0 Å². The van der Waals surface area contributed by atoms with Gasteiger partial charge < -0.3 is 9.84 Å². The van der Waals surface area contributed by atoms with Gasteiger partial charge in [-0.3, -0.25) is 9.88 Å². The van der Waals surface area contributed by atoms with Gasteiger partial charge >= 0.3 is 0 Å². The monoisotopic (exact) mass is 322 g/mol. The maximum atomic E-state index is 11.1. The predicted octanol–water partition coefficient (Wildman–Crippen LogP) is 2.62. The summed E-state index contributed by atoms with van der Waals surface area (Å²) in [6.07, 6.45) is 9.01. The Morgan fingerprint density at radius 3 is 3.00 bits per heavy atom. The minimum atomic E-state index is -0.538. The lowest BCUT2D eigenvalue weighted by atomic mass is 9.74. The van der Waals surface area contributed by atoms with Gasteiger partial charge in [0.2, 0.25) is 0 Å². The van der Waals surface area contributed by atoms with E-state index < -0.39 is 6.10 Å². The van der Waals surface area contributed by atoms with E-state index in [1.165, 1.54) is 0 Å². The number of ether oxygens (including phenoxy) is 1. The fraction of sp³-hybridized carbons (Fsp3) is 0.450. The molecule has 4 heteroatoms. The minimum absolute atomic E-state index is 0.130. The van der Waals surface area contributed by atoms with Gasteiger partial charge in [-0.05, 0) is 55.1 Å². The highest BCUT2D eigenvalue weighted by atomic mass is 16.5. The fourth-order valence-electron chi connectivity index (χ4n) is 4.32. The smallest absolute Gasteiger partial charge is 0.119 e. The molecule has 2 aromatic rings. The number of aliphatic hydroxyl groups excluding tert-OH is 1. The molecule has 0 radical (unpaired) electrons. The third-order valence-electron chi connectivity index (χ3n) is 5.68. The maximum Gasteiger partial charge on any atom is 0.119 e. The van der Waals surface area contributed by atoms with Crippen LogP contribution >= 0.6 is 0 Å². The summed E-state index contributed by atoms with van der Waals surface area (Å²) in [5.74, 6) is 4.57. The molecule has 3 fully saturated rings. The molecule has 3 saturated heterocycles. The summed E-state index contributed by atoms with van der Waals surface area (Å²) >= 11 is 0. The first-order valence-corrected chi connectivity index (χ1v) is 8.52. The molecule has 2 bridgehead atoms. The van der Waals surface area contributed by atoms with E-state index >= 15 is 0 Å². The van der Waals surface area contributed by atoms with Gasteiger partial charge in [-0.2, -0.15) is 0 Å². The van der Waals surface area contributed by atoms with Crippen molar-refractivity contribution in [1.29, 1.82) is 0 Å². The molecule has 5 rings (SSSR count). The van der Waals surface area contributed by atoms with Crippen LogP contribution < -0.4 is 4.74 Å². The summed E-state index contributed by atoms with van der Waals surface area (Å²) in [5.41, 5.74) is 1.80. The van der Waals surface area contributed by atoms with Crippen molar-refractivity contribution in [3.63, 3.8) is 0 Å². The minimum Gasteiger partial charge on any atom is -0.497 e. The lowest BCUT2D eigenvalue weighted by molar-refractivity contribution is -0.0425. The third-order valence-corrected chi connectivity index (χ3v) is 5.68. The largest absolute Gasteiger partial charge is 0.497 e. The topological polar surface area (TPSA) is 45.6 Å². The second-order valence-electron chi connectivity index (χ2n) is 6.85. The van der Waals surface area contributed by atoms with Crippen molar-refractivity contribution < 1.29 is 9.84 Å². The van der Waals surface area contributed by atoms with Crippen molar-refractivity contribution in [2.75, 3.05) is 20.2 Å². The Kier molecular flexibility index (Phi) is 3.91.